The van der Waals surface area contributed by atoms with E-state index in [2.05, 4.69) is 13.8 Å². The highest BCUT2D eigenvalue weighted by atomic mass is 16.5. The molecule has 0 aliphatic rings. The van der Waals surface area contributed by atoms with E-state index in [1.54, 1.807) is 6.07 Å². The molecule has 3 nitrogen and oxygen atoms in total. The Bertz CT molecular complexity index is 487. The van der Waals surface area contributed by atoms with E-state index >= 15 is 0 Å². The van der Waals surface area contributed by atoms with Crippen LogP contribution in [-0.4, -0.2) is 16.8 Å². The van der Waals surface area contributed by atoms with Crippen LogP contribution in [0.5, 0.6) is 11.5 Å². The Morgan fingerprint density at radius 1 is 0.714 bits per heavy atom. The molecular formula is C25H44O3. The number of hydrogen-bond acceptors (Lipinski definition) is 3. The molecule has 28 heavy (non-hydrogen) atoms. The van der Waals surface area contributed by atoms with Crippen LogP contribution >= 0.6 is 0 Å². The minimum Gasteiger partial charge on any atom is -0.504 e. The van der Waals surface area contributed by atoms with Crippen LogP contribution in [0, 0.1) is 0 Å². The summed E-state index contributed by atoms with van der Waals surface area (Å²) in [5.74, 6) is -0.0736. The zero-order chi connectivity index (χ0) is 20.5. The van der Waals surface area contributed by atoms with E-state index in [1.807, 2.05) is 6.07 Å². The maximum absolute atomic E-state index is 10.3. The van der Waals surface area contributed by atoms with Gasteiger partial charge in [-0.2, -0.15) is 0 Å². The molecule has 0 amide bonds. The van der Waals surface area contributed by atoms with Crippen LogP contribution in [0.4, 0.5) is 0 Å². The topological polar surface area (TPSA) is 49.7 Å². The number of benzene rings is 1. The Balaban J connectivity index is 2.36. The van der Waals surface area contributed by atoms with Gasteiger partial charge in [0.2, 0.25) is 0 Å². The largest absolute Gasteiger partial charge is 0.504 e. The summed E-state index contributed by atoms with van der Waals surface area (Å²) in [5.41, 5.74) is 0.730. The summed E-state index contributed by atoms with van der Waals surface area (Å²) >= 11 is 0. The standard InChI is InChI=1S/C25H44O3/c1-3-5-7-9-11-12-14-16-21-28-24(20-15-13-10-8-6-4-2)22-18-17-19-23(26)25(22)27/h17-19,24,26-27H,3-16,20-21H2,1-2H3. The summed E-state index contributed by atoms with van der Waals surface area (Å²) < 4.78 is 6.17. The van der Waals surface area contributed by atoms with E-state index in [0.29, 0.717) is 0 Å². The first-order valence-electron chi connectivity index (χ1n) is 11.8. The molecule has 0 fully saturated rings. The molecule has 1 aromatic carbocycles. The molecule has 1 unspecified atom stereocenters. The van der Waals surface area contributed by atoms with Crippen molar-refractivity contribution >= 4 is 0 Å². The Hall–Kier alpha value is -1.22. The van der Waals surface area contributed by atoms with Crippen molar-refractivity contribution in [3.05, 3.63) is 23.8 Å². The van der Waals surface area contributed by atoms with Crippen molar-refractivity contribution < 1.29 is 14.9 Å². The van der Waals surface area contributed by atoms with E-state index in [4.69, 9.17) is 4.74 Å². The van der Waals surface area contributed by atoms with Gasteiger partial charge >= 0.3 is 0 Å². The number of para-hydroxylation sites is 1. The normalized spacial score (nSPS) is 12.4. The first kappa shape index (κ1) is 24.8. The second-order valence-electron chi connectivity index (χ2n) is 8.11. The molecule has 0 saturated carbocycles. The molecule has 2 N–H and O–H groups in total. The zero-order valence-electron chi connectivity index (χ0n) is 18.4. The fraction of sp³-hybridized carbons (Fsp3) is 0.760. The van der Waals surface area contributed by atoms with Gasteiger partial charge in [-0.05, 0) is 18.9 Å². The number of phenols is 2. The number of rotatable bonds is 18. The SMILES string of the molecule is CCCCCCCCCCOC(CCCCCCCC)c1cccc(O)c1O. The molecule has 1 aromatic rings. The summed E-state index contributed by atoms with van der Waals surface area (Å²) in [6.07, 6.45) is 18.5. The van der Waals surface area contributed by atoms with Crippen LogP contribution in [0.15, 0.2) is 18.2 Å². The van der Waals surface area contributed by atoms with Gasteiger partial charge in [0.05, 0.1) is 6.10 Å². The quantitative estimate of drug-likeness (QED) is 0.196. The Labute approximate surface area is 173 Å². The minimum absolute atomic E-state index is 0.0191. The molecule has 0 spiro atoms. The average molecular weight is 393 g/mol. The second-order valence-corrected chi connectivity index (χ2v) is 8.11. The summed E-state index contributed by atoms with van der Waals surface area (Å²) in [6, 6.07) is 5.20. The maximum Gasteiger partial charge on any atom is 0.163 e. The number of unbranched alkanes of at least 4 members (excludes halogenated alkanes) is 12. The number of ether oxygens (including phenoxy) is 1. The fourth-order valence-corrected chi connectivity index (χ4v) is 3.71. The predicted molar refractivity (Wildman–Crippen MR) is 119 cm³/mol. The van der Waals surface area contributed by atoms with Crippen LogP contribution < -0.4 is 0 Å². The van der Waals surface area contributed by atoms with Gasteiger partial charge < -0.3 is 14.9 Å². The number of hydrogen-bond donors (Lipinski definition) is 2. The lowest BCUT2D eigenvalue weighted by Gasteiger charge is -2.20. The van der Waals surface area contributed by atoms with Gasteiger partial charge in [0.1, 0.15) is 0 Å². The van der Waals surface area contributed by atoms with Gasteiger partial charge in [0.15, 0.2) is 11.5 Å². The van der Waals surface area contributed by atoms with Crippen molar-refractivity contribution in [2.24, 2.45) is 0 Å². The van der Waals surface area contributed by atoms with Gasteiger partial charge in [-0.25, -0.2) is 0 Å². The van der Waals surface area contributed by atoms with Gasteiger partial charge in [-0.1, -0.05) is 109 Å². The van der Waals surface area contributed by atoms with Crippen LogP contribution in [-0.2, 0) is 4.74 Å². The monoisotopic (exact) mass is 392 g/mol. The Morgan fingerprint density at radius 2 is 1.25 bits per heavy atom. The average Bonchev–Trinajstić information content (AvgIpc) is 2.70. The summed E-state index contributed by atoms with van der Waals surface area (Å²) in [5, 5.41) is 20.1. The van der Waals surface area contributed by atoms with Crippen LogP contribution in [0.1, 0.15) is 122 Å². The van der Waals surface area contributed by atoms with Crippen molar-refractivity contribution in [1.82, 2.24) is 0 Å². The van der Waals surface area contributed by atoms with Crippen molar-refractivity contribution in [2.45, 2.75) is 116 Å². The van der Waals surface area contributed by atoms with Gasteiger partial charge in [0.25, 0.3) is 0 Å². The van der Waals surface area contributed by atoms with Crippen molar-refractivity contribution in [1.29, 1.82) is 0 Å². The molecule has 0 bridgehead atoms. The highest BCUT2D eigenvalue weighted by Crippen LogP contribution is 2.36. The molecule has 3 heteroatoms. The molecule has 0 radical (unpaired) electrons. The molecule has 0 aromatic heterocycles. The molecule has 1 rings (SSSR count). The smallest absolute Gasteiger partial charge is 0.163 e. The fourth-order valence-electron chi connectivity index (χ4n) is 3.71. The minimum atomic E-state index is -0.122. The third-order valence-electron chi connectivity index (χ3n) is 5.53. The summed E-state index contributed by atoms with van der Waals surface area (Å²) in [4.78, 5) is 0. The van der Waals surface area contributed by atoms with E-state index in [1.165, 1.54) is 83.1 Å². The van der Waals surface area contributed by atoms with E-state index in [-0.39, 0.29) is 17.6 Å². The molecule has 1 atom stereocenters. The molecule has 0 saturated heterocycles. The van der Waals surface area contributed by atoms with Crippen LogP contribution in [0.3, 0.4) is 0 Å². The van der Waals surface area contributed by atoms with E-state index < -0.39 is 0 Å². The highest BCUT2D eigenvalue weighted by Gasteiger charge is 2.17. The lowest BCUT2D eigenvalue weighted by atomic mass is 10.0. The molecule has 0 aliphatic heterocycles. The Kier molecular flexibility index (Phi) is 14.8. The molecule has 162 valence electrons. The molecule has 0 heterocycles. The molecular weight excluding hydrogens is 348 g/mol. The van der Waals surface area contributed by atoms with Crippen molar-refractivity contribution in [3.63, 3.8) is 0 Å². The maximum atomic E-state index is 10.3. The number of aromatic hydroxyl groups is 2. The van der Waals surface area contributed by atoms with E-state index in [9.17, 15) is 10.2 Å². The third-order valence-corrected chi connectivity index (χ3v) is 5.53. The van der Waals surface area contributed by atoms with E-state index in [0.717, 1.165) is 31.4 Å². The summed E-state index contributed by atoms with van der Waals surface area (Å²) in [7, 11) is 0. The van der Waals surface area contributed by atoms with Gasteiger partial charge in [-0.3, -0.25) is 0 Å². The second kappa shape index (κ2) is 16.7. The van der Waals surface area contributed by atoms with Crippen LogP contribution in [0.25, 0.3) is 0 Å². The molecule has 0 aliphatic carbocycles. The lowest BCUT2D eigenvalue weighted by molar-refractivity contribution is 0.0403. The number of phenolic OH excluding ortho intramolecular Hbond substituents is 2. The Morgan fingerprint density at radius 3 is 1.86 bits per heavy atom. The zero-order valence-corrected chi connectivity index (χ0v) is 18.4. The first-order valence-corrected chi connectivity index (χ1v) is 11.8. The van der Waals surface area contributed by atoms with Crippen molar-refractivity contribution in [3.8, 4) is 11.5 Å². The van der Waals surface area contributed by atoms with Crippen molar-refractivity contribution in [2.75, 3.05) is 6.61 Å². The van der Waals surface area contributed by atoms with Crippen LogP contribution in [0.2, 0.25) is 0 Å². The first-order chi connectivity index (χ1) is 13.7. The lowest BCUT2D eigenvalue weighted by Crippen LogP contribution is -2.07. The van der Waals surface area contributed by atoms with Gasteiger partial charge in [0, 0.05) is 12.2 Å². The third kappa shape index (κ3) is 10.9. The predicted octanol–water partition coefficient (Wildman–Crippen LogP) is 8.05. The van der Waals surface area contributed by atoms with Gasteiger partial charge in [-0.15, -0.1) is 0 Å². The summed E-state index contributed by atoms with van der Waals surface area (Å²) in [6.45, 7) is 5.22. The highest BCUT2D eigenvalue weighted by molar-refractivity contribution is 5.45.